The molecule has 0 aliphatic carbocycles. The van der Waals surface area contributed by atoms with Crippen molar-refractivity contribution in [1.82, 2.24) is 9.47 Å². The van der Waals surface area contributed by atoms with Gasteiger partial charge in [0.2, 0.25) is 0 Å². The highest BCUT2D eigenvalue weighted by molar-refractivity contribution is 5.92. The molecule has 1 unspecified atom stereocenters. The van der Waals surface area contributed by atoms with Crippen LogP contribution in [0.2, 0.25) is 0 Å². The summed E-state index contributed by atoms with van der Waals surface area (Å²) < 4.78 is 18.4. The van der Waals surface area contributed by atoms with E-state index < -0.39 is 0 Å². The number of para-hydroxylation sites is 1. The molecule has 0 saturated carbocycles. The largest absolute Gasteiger partial charge is 0.497 e. The van der Waals surface area contributed by atoms with Gasteiger partial charge in [-0.15, -0.1) is 0 Å². The standard InChI is InChI=1S/C28H27N3O4/c1-33-21-12-10-19(11-13-21)27-25-9-6-16-30(25)24-8-5-4-7-20(24)18-31(27)28(32)29-23-17-22(34-2)14-15-26(23)35-3/h4-17,27H,18H2,1-3H3,(H,29,32). The highest BCUT2D eigenvalue weighted by Gasteiger charge is 2.33. The smallest absolute Gasteiger partial charge is 0.323 e. The fraction of sp³-hybridized carbons (Fsp3) is 0.179. The fourth-order valence-electron chi connectivity index (χ4n) is 4.58. The number of benzene rings is 3. The van der Waals surface area contributed by atoms with E-state index in [4.69, 9.17) is 14.2 Å². The summed E-state index contributed by atoms with van der Waals surface area (Å²) in [7, 11) is 4.81. The summed E-state index contributed by atoms with van der Waals surface area (Å²) >= 11 is 0. The molecule has 0 radical (unpaired) electrons. The molecule has 7 heteroatoms. The molecule has 3 aromatic carbocycles. The average molecular weight is 470 g/mol. The number of ether oxygens (including phenoxy) is 3. The van der Waals surface area contributed by atoms with Crippen LogP contribution in [0, 0.1) is 0 Å². The Labute approximate surface area is 204 Å². The zero-order valence-corrected chi connectivity index (χ0v) is 19.9. The molecule has 2 heterocycles. The van der Waals surface area contributed by atoms with Gasteiger partial charge in [0.05, 0.1) is 45.3 Å². The van der Waals surface area contributed by atoms with Gasteiger partial charge in [0.25, 0.3) is 0 Å². The summed E-state index contributed by atoms with van der Waals surface area (Å²) in [6.45, 7) is 0.423. The first kappa shape index (κ1) is 22.4. The van der Waals surface area contributed by atoms with Gasteiger partial charge in [0.1, 0.15) is 17.2 Å². The van der Waals surface area contributed by atoms with E-state index >= 15 is 0 Å². The molecule has 178 valence electrons. The summed E-state index contributed by atoms with van der Waals surface area (Å²) in [5, 5.41) is 3.06. The molecule has 5 rings (SSSR count). The van der Waals surface area contributed by atoms with Crippen LogP contribution >= 0.6 is 0 Å². The summed E-state index contributed by atoms with van der Waals surface area (Å²) in [6, 6.07) is 24.8. The van der Waals surface area contributed by atoms with Gasteiger partial charge in [-0.25, -0.2) is 4.79 Å². The van der Waals surface area contributed by atoms with Crippen LogP contribution in [0.4, 0.5) is 10.5 Å². The predicted octanol–water partition coefficient (Wildman–Crippen LogP) is 5.64. The molecule has 2 amide bonds. The number of fused-ring (bicyclic) bond motifs is 3. The number of aromatic nitrogens is 1. The van der Waals surface area contributed by atoms with E-state index in [1.807, 2.05) is 53.6 Å². The molecular weight excluding hydrogens is 442 g/mol. The number of methoxy groups -OCH3 is 3. The van der Waals surface area contributed by atoms with Crippen molar-refractivity contribution in [3.8, 4) is 22.9 Å². The molecule has 7 nitrogen and oxygen atoms in total. The van der Waals surface area contributed by atoms with Crippen LogP contribution in [-0.2, 0) is 6.54 Å². The number of hydrogen-bond donors (Lipinski definition) is 1. The van der Waals surface area contributed by atoms with Gasteiger partial charge >= 0.3 is 6.03 Å². The molecule has 1 aliphatic rings. The first-order chi connectivity index (χ1) is 17.1. The van der Waals surface area contributed by atoms with Crippen molar-refractivity contribution in [3.05, 3.63) is 102 Å². The van der Waals surface area contributed by atoms with E-state index in [1.54, 1.807) is 39.5 Å². The van der Waals surface area contributed by atoms with Gasteiger partial charge in [-0.3, -0.25) is 0 Å². The molecule has 0 saturated heterocycles. The third-order valence-corrected chi connectivity index (χ3v) is 6.30. The van der Waals surface area contributed by atoms with Gasteiger partial charge in [-0.05, 0) is 53.6 Å². The van der Waals surface area contributed by atoms with Gasteiger partial charge in [0, 0.05) is 18.0 Å². The maximum atomic E-state index is 13.9. The van der Waals surface area contributed by atoms with E-state index in [1.165, 1.54) is 0 Å². The molecule has 1 aromatic heterocycles. The Hall–Kier alpha value is -4.39. The zero-order chi connectivity index (χ0) is 24.4. The normalized spacial score (nSPS) is 14.4. The summed E-state index contributed by atoms with van der Waals surface area (Å²) in [5.74, 6) is 1.94. The van der Waals surface area contributed by atoms with Crippen molar-refractivity contribution in [2.24, 2.45) is 0 Å². The highest BCUT2D eigenvalue weighted by atomic mass is 16.5. The Balaban J connectivity index is 1.61. The number of carbonyl (C=O) groups is 1. The second kappa shape index (κ2) is 9.46. The lowest BCUT2D eigenvalue weighted by Gasteiger charge is -2.31. The van der Waals surface area contributed by atoms with E-state index in [0.29, 0.717) is 23.7 Å². The Morgan fingerprint density at radius 2 is 1.60 bits per heavy atom. The van der Waals surface area contributed by atoms with Crippen LogP contribution in [0.1, 0.15) is 22.9 Å². The van der Waals surface area contributed by atoms with Crippen LogP contribution in [0.3, 0.4) is 0 Å². The van der Waals surface area contributed by atoms with Gasteiger partial charge in [-0.1, -0.05) is 30.3 Å². The molecule has 0 bridgehead atoms. The minimum atomic E-state index is -0.333. The Kier molecular flexibility index (Phi) is 6.06. The quantitative estimate of drug-likeness (QED) is 0.411. The summed E-state index contributed by atoms with van der Waals surface area (Å²) in [5.41, 5.74) is 4.62. The Morgan fingerprint density at radius 3 is 2.34 bits per heavy atom. The SMILES string of the molecule is COc1ccc(C2c3cccn3-c3ccccc3CN2C(=O)Nc2cc(OC)ccc2OC)cc1. The number of nitrogens with zero attached hydrogens (tertiary/aromatic N) is 2. The predicted molar refractivity (Wildman–Crippen MR) is 135 cm³/mol. The molecule has 0 fully saturated rings. The number of hydrogen-bond acceptors (Lipinski definition) is 4. The molecule has 1 aliphatic heterocycles. The summed E-state index contributed by atoms with van der Waals surface area (Å²) in [6.07, 6.45) is 2.04. The average Bonchev–Trinajstić information content (AvgIpc) is 3.33. The van der Waals surface area contributed by atoms with Crippen LogP contribution in [0.15, 0.2) is 85.1 Å². The number of urea groups is 1. The van der Waals surface area contributed by atoms with E-state index in [0.717, 1.165) is 28.3 Å². The van der Waals surface area contributed by atoms with E-state index in [9.17, 15) is 4.79 Å². The van der Waals surface area contributed by atoms with E-state index in [-0.39, 0.29) is 12.1 Å². The molecule has 0 spiro atoms. The van der Waals surface area contributed by atoms with Crippen LogP contribution in [0.25, 0.3) is 5.69 Å². The lowest BCUT2D eigenvalue weighted by Crippen LogP contribution is -2.38. The van der Waals surface area contributed by atoms with Crippen LogP contribution in [-0.4, -0.2) is 36.8 Å². The maximum absolute atomic E-state index is 13.9. The number of rotatable bonds is 5. The fourth-order valence-corrected chi connectivity index (χ4v) is 4.58. The van der Waals surface area contributed by atoms with Crippen molar-refractivity contribution < 1.29 is 19.0 Å². The third kappa shape index (κ3) is 4.17. The second-order valence-corrected chi connectivity index (χ2v) is 8.23. The van der Waals surface area contributed by atoms with Crippen molar-refractivity contribution in [1.29, 1.82) is 0 Å². The second-order valence-electron chi connectivity index (χ2n) is 8.23. The Bertz CT molecular complexity index is 1350. The van der Waals surface area contributed by atoms with Crippen molar-refractivity contribution in [2.75, 3.05) is 26.6 Å². The minimum Gasteiger partial charge on any atom is -0.497 e. The lowest BCUT2D eigenvalue weighted by atomic mass is 10.0. The van der Waals surface area contributed by atoms with Gasteiger partial charge < -0.3 is 29.0 Å². The van der Waals surface area contributed by atoms with Gasteiger partial charge in [0.15, 0.2) is 0 Å². The molecule has 1 atom stereocenters. The van der Waals surface area contributed by atoms with Crippen LogP contribution in [0.5, 0.6) is 17.2 Å². The number of nitrogens with one attached hydrogen (secondary N) is 1. The monoisotopic (exact) mass is 469 g/mol. The van der Waals surface area contributed by atoms with Crippen LogP contribution < -0.4 is 19.5 Å². The molecule has 1 N–H and O–H groups in total. The van der Waals surface area contributed by atoms with Crippen molar-refractivity contribution in [2.45, 2.75) is 12.6 Å². The Morgan fingerprint density at radius 1 is 0.857 bits per heavy atom. The maximum Gasteiger partial charge on any atom is 0.323 e. The first-order valence-corrected chi connectivity index (χ1v) is 11.3. The molecule has 4 aromatic rings. The number of amides is 2. The molecule has 35 heavy (non-hydrogen) atoms. The van der Waals surface area contributed by atoms with E-state index in [2.05, 4.69) is 28.1 Å². The zero-order valence-electron chi connectivity index (χ0n) is 19.9. The first-order valence-electron chi connectivity index (χ1n) is 11.3. The van der Waals surface area contributed by atoms with Crippen molar-refractivity contribution >= 4 is 11.7 Å². The molecular formula is C28H27N3O4. The highest BCUT2D eigenvalue weighted by Crippen LogP contribution is 2.38. The van der Waals surface area contributed by atoms with Gasteiger partial charge in [-0.2, -0.15) is 0 Å². The topological polar surface area (TPSA) is 65.0 Å². The minimum absolute atomic E-state index is 0.248. The van der Waals surface area contributed by atoms with Crippen molar-refractivity contribution in [3.63, 3.8) is 0 Å². The third-order valence-electron chi connectivity index (χ3n) is 6.30. The lowest BCUT2D eigenvalue weighted by molar-refractivity contribution is 0.194. The number of carbonyl (C=O) groups excluding carboxylic acids is 1. The summed E-state index contributed by atoms with van der Waals surface area (Å²) in [4.78, 5) is 15.8. The number of anilines is 1.